The summed E-state index contributed by atoms with van der Waals surface area (Å²) in [7, 11) is 1.64. The Morgan fingerprint density at radius 3 is 2.76 bits per heavy atom. The fraction of sp³-hybridized carbons (Fsp3) is 0.154. The van der Waals surface area contributed by atoms with Crippen molar-refractivity contribution in [1.29, 1.82) is 0 Å². The van der Waals surface area contributed by atoms with Crippen LogP contribution in [0.3, 0.4) is 0 Å². The summed E-state index contributed by atoms with van der Waals surface area (Å²) in [6.45, 7) is 0.620. The highest BCUT2D eigenvalue weighted by molar-refractivity contribution is 5.36. The zero-order chi connectivity index (χ0) is 12.3. The van der Waals surface area contributed by atoms with E-state index in [1.807, 2.05) is 28.8 Å². The Bertz CT molecular complexity index is 576. The van der Waals surface area contributed by atoms with Crippen LogP contribution in [0.2, 0.25) is 0 Å². The minimum Gasteiger partial charge on any atom is -0.496 e. The Morgan fingerprint density at radius 1 is 1.29 bits per heavy atom. The van der Waals surface area contributed by atoms with Gasteiger partial charge >= 0.3 is 0 Å². The average Bonchev–Trinajstić information content (AvgIpc) is 2.34. The van der Waals surface area contributed by atoms with E-state index in [-0.39, 0.29) is 11.1 Å². The van der Waals surface area contributed by atoms with Crippen molar-refractivity contribution in [3.63, 3.8) is 0 Å². The normalized spacial score (nSPS) is 10.2. The number of benzene rings is 1. The van der Waals surface area contributed by atoms with E-state index in [1.54, 1.807) is 19.5 Å². The third-order valence-corrected chi connectivity index (χ3v) is 2.55. The molecule has 2 rings (SSSR count). The van der Waals surface area contributed by atoms with Crippen LogP contribution in [-0.4, -0.2) is 11.7 Å². The summed E-state index contributed by atoms with van der Waals surface area (Å²) in [6, 6.07) is 9.21. The lowest BCUT2D eigenvalue weighted by molar-refractivity contribution is 0.408. The molecular weight excluding hydrogens is 216 g/mol. The van der Waals surface area contributed by atoms with Crippen LogP contribution >= 0.6 is 0 Å². The van der Waals surface area contributed by atoms with Gasteiger partial charge in [0.15, 0.2) is 0 Å². The van der Waals surface area contributed by atoms with Gasteiger partial charge < -0.3 is 15.0 Å². The molecule has 1 aromatic carbocycles. The number of nitrogens with zero attached hydrogens (tertiary/aromatic N) is 1. The van der Waals surface area contributed by atoms with Gasteiger partial charge in [-0.25, -0.2) is 0 Å². The zero-order valence-corrected chi connectivity index (χ0v) is 9.59. The molecule has 0 saturated carbocycles. The van der Waals surface area contributed by atoms with Crippen LogP contribution in [0, 0.1) is 0 Å². The van der Waals surface area contributed by atoms with E-state index in [0.29, 0.717) is 6.54 Å². The van der Waals surface area contributed by atoms with E-state index in [4.69, 9.17) is 10.5 Å². The molecule has 1 aromatic heterocycles. The van der Waals surface area contributed by atoms with Crippen molar-refractivity contribution < 1.29 is 4.74 Å². The predicted octanol–water partition coefficient (Wildman–Crippen LogP) is 1.49. The maximum absolute atomic E-state index is 11.2. The highest BCUT2D eigenvalue weighted by Gasteiger charge is 2.02. The molecule has 1 heterocycles. The Kier molecular flexibility index (Phi) is 3.14. The first-order chi connectivity index (χ1) is 8.20. The third kappa shape index (κ3) is 2.47. The number of ether oxygens (including phenoxy) is 1. The van der Waals surface area contributed by atoms with Gasteiger partial charge in [-0.05, 0) is 6.07 Å². The van der Waals surface area contributed by atoms with Crippen LogP contribution < -0.4 is 15.9 Å². The first kappa shape index (κ1) is 11.3. The van der Waals surface area contributed by atoms with Gasteiger partial charge in [-0.2, -0.15) is 0 Å². The molecule has 0 spiro atoms. The zero-order valence-electron chi connectivity index (χ0n) is 9.59. The van der Waals surface area contributed by atoms with Crippen molar-refractivity contribution >= 4 is 5.69 Å². The van der Waals surface area contributed by atoms with Gasteiger partial charge in [0.25, 0.3) is 0 Å². The molecule has 4 heteroatoms. The van der Waals surface area contributed by atoms with Crippen molar-refractivity contribution in [3.05, 3.63) is 58.5 Å². The second-order valence-electron chi connectivity index (χ2n) is 3.75. The average molecular weight is 230 g/mol. The minimum absolute atomic E-state index is 0.152. The number of pyridine rings is 1. The molecule has 0 aliphatic heterocycles. The second kappa shape index (κ2) is 4.74. The summed E-state index contributed by atoms with van der Waals surface area (Å²) in [6.07, 6.45) is 3.35. The predicted molar refractivity (Wildman–Crippen MR) is 67.2 cm³/mol. The van der Waals surface area contributed by atoms with Crippen molar-refractivity contribution in [2.45, 2.75) is 6.54 Å². The number of aromatic nitrogens is 1. The van der Waals surface area contributed by atoms with Crippen LogP contribution in [0.1, 0.15) is 5.56 Å². The van der Waals surface area contributed by atoms with E-state index in [9.17, 15) is 4.79 Å². The quantitative estimate of drug-likeness (QED) is 0.869. The topological polar surface area (TPSA) is 57.2 Å². The molecule has 0 bridgehead atoms. The van der Waals surface area contributed by atoms with Gasteiger partial charge in [-0.15, -0.1) is 0 Å². The van der Waals surface area contributed by atoms with Crippen molar-refractivity contribution in [1.82, 2.24) is 4.57 Å². The van der Waals surface area contributed by atoms with Gasteiger partial charge in [-0.1, -0.05) is 18.2 Å². The molecular formula is C13H14N2O2. The van der Waals surface area contributed by atoms with Crippen LogP contribution in [0.4, 0.5) is 5.69 Å². The van der Waals surface area contributed by atoms with Crippen LogP contribution in [0.25, 0.3) is 0 Å². The van der Waals surface area contributed by atoms with E-state index in [0.717, 1.165) is 11.3 Å². The standard InChI is InChI=1S/C13H14N2O2/c1-17-13-5-3-2-4-10(13)8-15-7-6-12(16)11(14)9-15/h2-7,9H,8,14H2,1H3. The lowest BCUT2D eigenvalue weighted by atomic mass is 10.2. The minimum atomic E-state index is -0.152. The molecule has 0 unspecified atom stereocenters. The maximum atomic E-state index is 11.2. The molecule has 0 amide bonds. The summed E-state index contributed by atoms with van der Waals surface area (Å²) >= 11 is 0. The number of anilines is 1. The second-order valence-corrected chi connectivity index (χ2v) is 3.75. The van der Waals surface area contributed by atoms with Crippen molar-refractivity contribution in [2.75, 3.05) is 12.8 Å². The van der Waals surface area contributed by atoms with Crippen LogP contribution in [-0.2, 0) is 6.54 Å². The maximum Gasteiger partial charge on any atom is 0.204 e. The Labute approximate surface area is 99.3 Å². The molecule has 2 aromatic rings. The molecule has 17 heavy (non-hydrogen) atoms. The smallest absolute Gasteiger partial charge is 0.204 e. The SMILES string of the molecule is COc1ccccc1Cn1ccc(=O)c(N)c1. The van der Waals surface area contributed by atoms with E-state index in [1.165, 1.54) is 6.07 Å². The lowest BCUT2D eigenvalue weighted by Crippen LogP contribution is -2.11. The Hall–Kier alpha value is -2.23. The number of nitrogens with two attached hydrogens (primary N) is 1. The van der Waals surface area contributed by atoms with E-state index >= 15 is 0 Å². The Balaban J connectivity index is 2.31. The van der Waals surface area contributed by atoms with Crippen molar-refractivity contribution in [2.24, 2.45) is 0 Å². The fourth-order valence-electron chi connectivity index (χ4n) is 1.67. The Morgan fingerprint density at radius 2 is 2.06 bits per heavy atom. The van der Waals surface area contributed by atoms with Crippen LogP contribution in [0.5, 0.6) is 5.75 Å². The number of para-hydroxylation sites is 1. The number of hydrogen-bond donors (Lipinski definition) is 1. The van der Waals surface area contributed by atoms with Gasteiger partial charge in [0.1, 0.15) is 5.75 Å². The highest BCUT2D eigenvalue weighted by atomic mass is 16.5. The fourth-order valence-corrected chi connectivity index (χ4v) is 1.67. The van der Waals surface area contributed by atoms with Crippen molar-refractivity contribution in [3.8, 4) is 5.75 Å². The number of rotatable bonds is 3. The molecule has 0 radical (unpaired) electrons. The molecule has 0 saturated heterocycles. The number of methoxy groups -OCH3 is 1. The van der Waals surface area contributed by atoms with Gasteiger partial charge in [0.05, 0.1) is 19.3 Å². The monoisotopic (exact) mass is 230 g/mol. The molecule has 0 aliphatic rings. The molecule has 2 N–H and O–H groups in total. The first-order valence-corrected chi connectivity index (χ1v) is 5.28. The van der Waals surface area contributed by atoms with Crippen LogP contribution in [0.15, 0.2) is 47.5 Å². The molecule has 0 fully saturated rings. The first-order valence-electron chi connectivity index (χ1n) is 5.28. The molecule has 4 nitrogen and oxygen atoms in total. The highest BCUT2D eigenvalue weighted by Crippen LogP contribution is 2.18. The van der Waals surface area contributed by atoms with E-state index < -0.39 is 0 Å². The van der Waals surface area contributed by atoms with Gasteiger partial charge in [0, 0.05) is 24.0 Å². The summed E-state index contributed by atoms with van der Waals surface area (Å²) in [4.78, 5) is 11.2. The third-order valence-electron chi connectivity index (χ3n) is 2.55. The molecule has 0 atom stereocenters. The summed E-state index contributed by atoms with van der Waals surface area (Å²) in [5, 5.41) is 0. The molecule has 0 aliphatic carbocycles. The van der Waals surface area contributed by atoms with E-state index in [2.05, 4.69) is 0 Å². The lowest BCUT2D eigenvalue weighted by Gasteiger charge is -2.10. The van der Waals surface area contributed by atoms with Gasteiger partial charge in [-0.3, -0.25) is 4.79 Å². The summed E-state index contributed by atoms with van der Waals surface area (Å²) in [5.41, 5.74) is 6.72. The summed E-state index contributed by atoms with van der Waals surface area (Å²) in [5.74, 6) is 0.824. The molecule has 88 valence electrons. The van der Waals surface area contributed by atoms with Gasteiger partial charge in [0.2, 0.25) is 5.43 Å². The number of nitrogen functional groups attached to an aromatic ring is 1. The largest absolute Gasteiger partial charge is 0.496 e. The summed E-state index contributed by atoms with van der Waals surface area (Å²) < 4.78 is 7.12. The number of hydrogen-bond acceptors (Lipinski definition) is 3.